The molecule has 3 rings (SSSR count). The van der Waals surface area contributed by atoms with Crippen molar-refractivity contribution in [3.63, 3.8) is 0 Å². The van der Waals surface area contributed by atoms with Crippen LogP contribution in [-0.4, -0.2) is 10.1 Å². The van der Waals surface area contributed by atoms with Crippen LogP contribution in [0.5, 0.6) is 5.75 Å². The van der Waals surface area contributed by atoms with Gasteiger partial charge in [-0.25, -0.2) is 4.98 Å². The van der Waals surface area contributed by atoms with E-state index in [-0.39, 0.29) is 5.75 Å². The first kappa shape index (κ1) is 9.46. The first-order valence-electron chi connectivity index (χ1n) is 5.61. The van der Waals surface area contributed by atoms with Crippen LogP contribution in [0, 0.1) is 0 Å². The Balaban J connectivity index is 2.00. The molecule has 0 unspecified atom stereocenters. The number of nitrogens with zero attached hydrogens (tertiary/aromatic N) is 1. The molecule has 1 N–H and O–H groups in total. The molecule has 0 fully saturated rings. The zero-order valence-corrected chi connectivity index (χ0v) is 8.94. The molecule has 82 valence electrons. The lowest BCUT2D eigenvalue weighted by Gasteiger charge is -2.05. The Morgan fingerprint density at radius 2 is 1.81 bits per heavy atom. The minimum absolute atomic E-state index is 0.264. The maximum absolute atomic E-state index is 9.21. The fraction of sp³-hybridized carbons (Fsp3) is 0.308. The standard InChI is InChI=1S/C13H13NO2/c15-10-7-5-9(6-8-10)13-14-11-3-1-2-4-12(11)16-13/h5-8,15H,1-4H2. The summed E-state index contributed by atoms with van der Waals surface area (Å²) in [5, 5.41) is 9.21. The van der Waals surface area contributed by atoms with Gasteiger partial charge in [0.15, 0.2) is 0 Å². The third-order valence-corrected chi connectivity index (χ3v) is 2.96. The maximum Gasteiger partial charge on any atom is 0.226 e. The molecule has 1 aliphatic rings. The molecule has 1 heterocycles. The Kier molecular flexibility index (Phi) is 2.17. The normalized spacial score (nSPS) is 14.8. The molecule has 2 aromatic rings. The number of phenols is 1. The zero-order chi connectivity index (χ0) is 11.0. The number of oxazole rings is 1. The van der Waals surface area contributed by atoms with Gasteiger partial charge in [0.1, 0.15) is 11.5 Å². The molecule has 0 spiro atoms. The second-order valence-electron chi connectivity index (χ2n) is 4.14. The molecule has 0 atom stereocenters. The lowest BCUT2D eigenvalue weighted by atomic mass is 10.0. The minimum Gasteiger partial charge on any atom is -0.508 e. The van der Waals surface area contributed by atoms with Crippen LogP contribution in [0.25, 0.3) is 11.5 Å². The van der Waals surface area contributed by atoms with Crippen LogP contribution in [0.4, 0.5) is 0 Å². The van der Waals surface area contributed by atoms with Crippen molar-refractivity contribution in [3.05, 3.63) is 35.7 Å². The van der Waals surface area contributed by atoms with Crippen molar-refractivity contribution in [1.29, 1.82) is 0 Å². The van der Waals surface area contributed by atoms with Crippen molar-refractivity contribution in [2.24, 2.45) is 0 Å². The second kappa shape index (κ2) is 3.67. The number of hydrogen-bond donors (Lipinski definition) is 1. The van der Waals surface area contributed by atoms with Gasteiger partial charge in [-0.2, -0.15) is 0 Å². The van der Waals surface area contributed by atoms with E-state index in [9.17, 15) is 5.11 Å². The molecule has 0 radical (unpaired) electrons. The summed E-state index contributed by atoms with van der Waals surface area (Å²) in [5.41, 5.74) is 2.03. The van der Waals surface area contributed by atoms with Crippen LogP contribution in [0.3, 0.4) is 0 Å². The molecule has 0 saturated heterocycles. The van der Waals surface area contributed by atoms with Gasteiger partial charge in [0, 0.05) is 12.0 Å². The Labute approximate surface area is 93.8 Å². The van der Waals surface area contributed by atoms with Crippen LogP contribution in [0.15, 0.2) is 28.7 Å². The van der Waals surface area contributed by atoms with Crippen LogP contribution in [0.2, 0.25) is 0 Å². The highest BCUT2D eigenvalue weighted by Gasteiger charge is 2.17. The highest BCUT2D eigenvalue weighted by molar-refractivity contribution is 5.55. The monoisotopic (exact) mass is 215 g/mol. The van der Waals surface area contributed by atoms with Crippen molar-refractivity contribution in [1.82, 2.24) is 4.98 Å². The van der Waals surface area contributed by atoms with E-state index < -0.39 is 0 Å². The van der Waals surface area contributed by atoms with Crippen LogP contribution < -0.4 is 0 Å². The third kappa shape index (κ3) is 1.58. The predicted molar refractivity (Wildman–Crippen MR) is 60.2 cm³/mol. The second-order valence-corrected chi connectivity index (χ2v) is 4.14. The Morgan fingerprint density at radius 1 is 1.06 bits per heavy atom. The van der Waals surface area contributed by atoms with E-state index in [1.165, 1.54) is 12.8 Å². The molecule has 3 nitrogen and oxygen atoms in total. The molecule has 3 heteroatoms. The molecule has 1 aromatic heterocycles. The highest BCUT2D eigenvalue weighted by atomic mass is 16.4. The van der Waals surface area contributed by atoms with Crippen LogP contribution >= 0.6 is 0 Å². The van der Waals surface area contributed by atoms with Gasteiger partial charge < -0.3 is 9.52 Å². The van der Waals surface area contributed by atoms with E-state index in [2.05, 4.69) is 4.98 Å². The summed E-state index contributed by atoms with van der Waals surface area (Å²) in [5.74, 6) is 1.97. The Bertz CT molecular complexity index is 476. The van der Waals surface area contributed by atoms with E-state index in [0.717, 1.165) is 29.9 Å². The molecule has 16 heavy (non-hydrogen) atoms. The van der Waals surface area contributed by atoms with Gasteiger partial charge in [0.25, 0.3) is 0 Å². The van der Waals surface area contributed by atoms with Gasteiger partial charge in [-0.15, -0.1) is 0 Å². The van der Waals surface area contributed by atoms with Gasteiger partial charge in [-0.3, -0.25) is 0 Å². The summed E-state index contributed by atoms with van der Waals surface area (Å²) in [4.78, 5) is 4.50. The van der Waals surface area contributed by atoms with Gasteiger partial charge in [0.2, 0.25) is 5.89 Å². The maximum atomic E-state index is 9.21. The van der Waals surface area contributed by atoms with E-state index >= 15 is 0 Å². The number of phenolic OH excluding ortho intramolecular Hbond substituents is 1. The van der Waals surface area contributed by atoms with Gasteiger partial charge in [-0.05, 0) is 43.5 Å². The Morgan fingerprint density at radius 3 is 2.56 bits per heavy atom. The van der Waals surface area contributed by atoms with Crippen molar-refractivity contribution in [2.75, 3.05) is 0 Å². The van der Waals surface area contributed by atoms with Gasteiger partial charge >= 0.3 is 0 Å². The van der Waals surface area contributed by atoms with Crippen molar-refractivity contribution in [3.8, 4) is 17.2 Å². The molecule has 0 bridgehead atoms. The van der Waals surface area contributed by atoms with E-state index in [0.29, 0.717) is 5.89 Å². The fourth-order valence-corrected chi connectivity index (χ4v) is 2.08. The topological polar surface area (TPSA) is 46.3 Å². The summed E-state index contributed by atoms with van der Waals surface area (Å²) in [6, 6.07) is 6.95. The quantitative estimate of drug-likeness (QED) is 0.795. The Hall–Kier alpha value is -1.77. The number of aryl methyl sites for hydroxylation is 2. The van der Waals surface area contributed by atoms with Crippen LogP contribution in [-0.2, 0) is 12.8 Å². The average Bonchev–Trinajstić information content (AvgIpc) is 2.73. The highest BCUT2D eigenvalue weighted by Crippen LogP contribution is 2.27. The summed E-state index contributed by atoms with van der Waals surface area (Å²) in [7, 11) is 0. The lowest BCUT2D eigenvalue weighted by Crippen LogP contribution is -1.99. The van der Waals surface area contributed by atoms with E-state index in [1.807, 2.05) is 12.1 Å². The molecule has 1 aromatic carbocycles. The SMILES string of the molecule is Oc1ccc(-c2nc3c(o2)CCCC3)cc1. The molecule has 1 aliphatic carbocycles. The first-order chi connectivity index (χ1) is 7.83. The number of aromatic hydroxyl groups is 1. The number of rotatable bonds is 1. The summed E-state index contributed by atoms with van der Waals surface area (Å²) in [6.45, 7) is 0. The smallest absolute Gasteiger partial charge is 0.226 e. The summed E-state index contributed by atoms with van der Waals surface area (Å²) < 4.78 is 5.74. The van der Waals surface area contributed by atoms with Crippen LogP contribution in [0.1, 0.15) is 24.3 Å². The fourth-order valence-electron chi connectivity index (χ4n) is 2.08. The molecule has 0 saturated carbocycles. The zero-order valence-electron chi connectivity index (χ0n) is 8.94. The summed E-state index contributed by atoms with van der Waals surface area (Å²) >= 11 is 0. The number of hydrogen-bond acceptors (Lipinski definition) is 3. The van der Waals surface area contributed by atoms with Gasteiger partial charge in [0.05, 0.1) is 5.69 Å². The minimum atomic E-state index is 0.264. The lowest BCUT2D eigenvalue weighted by molar-refractivity contribution is 0.474. The van der Waals surface area contributed by atoms with Crippen molar-refractivity contribution in [2.45, 2.75) is 25.7 Å². The number of aromatic nitrogens is 1. The van der Waals surface area contributed by atoms with Gasteiger partial charge in [-0.1, -0.05) is 0 Å². The van der Waals surface area contributed by atoms with Crippen molar-refractivity contribution >= 4 is 0 Å². The molecule has 0 aliphatic heterocycles. The largest absolute Gasteiger partial charge is 0.508 e. The molecular weight excluding hydrogens is 202 g/mol. The number of benzene rings is 1. The van der Waals surface area contributed by atoms with Crippen molar-refractivity contribution < 1.29 is 9.52 Å². The molecule has 0 amide bonds. The predicted octanol–water partition coefficient (Wildman–Crippen LogP) is 2.93. The molecular formula is C13H13NO2. The first-order valence-corrected chi connectivity index (χ1v) is 5.61. The average molecular weight is 215 g/mol. The van der Waals surface area contributed by atoms with E-state index in [1.54, 1.807) is 12.1 Å². The summed E-state index contributed by atoms with van der Waals surface area (Å²) in [6.07, 6.45) is 4.42. The number of fused-ring (bicyclic) bond motifs is 1. The van der Waals surface area contributed by atoms with E-state index in [4.69, 9.17) is 4.42 Å². The third-order valence-electron chi connectivity index (χ3n) is 2.96.